The summed E-state index contributed by atoms with van der Waals surface area (Å²) in [5.74, 6) is -3.02. The molecule has 5 rings (SSSR count). The summed E-state index contributed by atoms with van der Waals surface area (Å²) >= 11 is 12.2. The SMILES string of the molecule is CC1(C(N)=O)CCC(n2c(Nc3c(F)cc(Cl)cc3Cl)nc3cnc(NC4CCC(F)(F)CC4)nc32)CC1. The number of carbonyl (C=O) groups excluding carboxylic acids is 1. The van der Waals surface area contributed by atoms with Crippen molar-refractivity contribution in [1.29, 1.82) is 0 Å². The van der Waals surface area contributed by atoms with E-state index in [0.29, 0.717) is 61.6 Å². The number of halogens is 5. The van der Waals surface area contributed by atoms with Crippen molar-refractivity contribution in [3.63, 3.8) is 0 Å². The van der Waals surface area contributed by atoms with Crippen LogP contribution in [0.2, 0.25) is 10.0 Å². The first-order valence-electron chi connectivity index (χ1n) is 12.5. The number of hydrogen-bond donors (Lipinski definition) is 3. The van der Waals surface area contributed by atoms with Crippen LogP contribution in [0.5, 0.6) is 0 Å². The molecule has 2 fully saturated rings. The molecule has 0 spiro atoms. The highest BCUT2D eigenvalue weighted by Crippen LogP contribution is 2.43. The number of nitrogens with one attached hydrogen (secondary N) is 2. The maximum atomic E-state index is 14.8. The van der Waals surface area contributed by atoms with E-state index < -0.39 is 17.2 Å². The first kappa shape index (κ1) is 26.8. The van der Waals surface area contributed by atoms with Gasteiger partial charge in [-0.15, -0.1) is 0 Å². The zero-order valence-electron chi connectivity index (χ0n) is 20.7. The van der Waals surface area contributed by atoms with E-state index in [1.165, 1.54) is 6.07 Å². The number of rotatable bonds is 6. The summed E-state index contributed by atoms with van der Waals surface area (Å²) in [4.78, 5) is 25.7. The standard InChI is InChI=1S/C25H28Cl2F3N7O/c1-24(21(31)38)6-4-15(5-7-24)37-20-18(34-23(37)35-19-16(27)10-13(26)11-17(19)28)12-32-22(36-20)33-14-2-8-25(29,30)9-3-14/h10-12,14-15H,2-9H2,1H3,(H2,31,38)(H,34,35)(H,32,33,36). The molecule has 38 heavy (non-hydrogen) atoms. The number of anilines is 3. The van der Waals surface area contributed by atoms with Crippen molar-refractivity contribution in [2.24, 2.45) is 11.1 Å². The number of hydrogen-bond acceptors (Lipinski definition) is 6. The number of nitrogens with two attached hydrogens (primary N) is 1. The lowest BCUT2D eigenvalue weighted by atomic mass is 9.73. The summed E-state index contributed by atoms with van der Waals surface area (Å²) in [5, 5.41) is 6.42. The van der Waals surface area contributed by atoms with Gasteiger partial charge in [-0.2, -0.15) is 4.98 Å². The fraction of sp³-hybridized carbons (Fsp3) is 0.520. The van der Waals surface area contributed by atoms with Gasteiger partial charge in [0.25, 0.3) is 0 Å². The number of carbonyl (C=O) groups is 1. The fourth-order valence-corrected chi connectivity index (χ4v) is 5.80. The molecule has 0 atom stereocenters. The lowest BCUT2D eigenvalue weighted by Crippen LogP contribution is -2.38. The van der Waals surface area contributed by atoms with Crippen molar-refractivity contribution < 1.29 is 18.0 Å². The number of primary amides is 1. The summed E-state index contributed by atoms with van der Waals surface area (Å²) in [6, 6.07) is 2.28. The third-order valence-corrected chi connectivity index (χ3v) is 8.26. The molecule has 2 heterocycles. The predicted octanol–water partition coefficient (Wildman–Crippen LogP) is 6.61. The minimum Gasteiger partial charge on any atom is -0.369 e. The summed E-state index contributed by atoms with van der Waals surface area (Å²) < 4.78 is 43.8. The quantitative estimate of drug-likeness (QED) is 0.308. The lowest BCUT2D eigenvalue weighted by Gasteiger charge is -2.35. The smallest absolute Gasteiger partial charge is 0.248 e. The van der Waals surface area contributed by atoms with E-state index in [1.54, 1.807) is 6.20 Å². The molecule has 1 aromatic carbocycles. The Morgan fingerprint density at radius 2 is 1.79 bits per heavy atom. The Labute approximate surface area is 227 Å². The van der Waals surface area contributed by atoms with E-state index in [9.17, 15) is 18.0 Å². The summed E-state index contributed by atoms with van der Waals surface area (Å²) in [6.45, 7) is 1.86. The molecule has 8 nitrogen and oxygen atoms in total. The maximum Gasteiger partial charge on any atom is 0.248 e. The molecular weight excluding hydrogens is 542 g/mol. The van der Waals surface area contributed by atoms with Crippen molar-refractivity contribution >= 4 is 57.9 Å². The number of alkyl halides is 2. The molecule has 4 N–H and O–H groups in total. The molecule has 0 unspecified atom stereocenters. The average Bonchev–Trinajstić information content (AvgIpc) is 3.20. The van der Waals surface area contributed by atoms with Crippen LogP contribution in [0, 0.1) is 11.2 Å². The summed E-state index contributed by atoms with van der Waals surface area (Å²) in [6.07, 6.45) is 4.14. The van der Waals surface area contributed by atoms with Gasteiger partial charge >= 0.3 is 0 Å². The topological polar surface area (TPSA) is 111 Å². The lowest BCUT2D eigenvalue weighted by molar-refractivity contribution is -0.128. The second-order valence-electron chi connectivity index (χ2n) is 10.5. The highest BCUT2D eigenvalue weighted by Gasteiger charge is 2.38. The second-order valence-corrected chi connectivity index (χ2v) is 11.4. The minimum atomic E-state index is -2.64. The van der Waals surface area contributed by atoms with E-state index >= 15 is 0 Å². The van der Waals surface area contributed by atoms with Crippen LogP contribution in [0.4, 0.5) is 30.8 Å². The van der Waals surface area contributed by atoms with Crippen molar-refractivity contribution in [3.05, 3.63) is 34.2 Å². The van der Waals surface area contributed by atoms with Crippen molar-refractivity contribution in [2.75, 3.05) is 10.6 Å². The van der Waals surface area contributed by atoms with E-state index in [1.807, 2.05) is 11.5 Å². The molecular formula is C25H28Cl2F3N7O. The summed E-state index contributed by atoms with van der Waals surface area (Å²) in [5.41, 5.74) is 6.00. The van der Waals surface area contributed by atoms with Crippen LogP contribution in [0.15, 0.2) is 18.3 Å². The van der Waals surface area contributed by atoms with E-state index in [4.69, 9.17) is 28.9 Å². The number of amides is 1. The zero-order chi connectivity index (χ0) is 27.2. The molecule has 2 aliphatic carbocycles. The van der Waals surface area contributed by atoms with Gasteiger partial charge in [0.15, 0.2) is 5.65 Å². The van der Waals surface area contributed by atoms with Crippen molar-refractivity contribution in [1.82, 2.24) is 19.5 Å². The third kappa shape index (κ3) is 5.36. The highest BCUT2D eigenvalue weighted by atomic mass is 35.5. The number of aromatic nitrogens is 4. The molecule has 13 heteroatoms. The van der Waals surface area contributed by atoms with Gasteiger partial charge in [0, 0.05) is 35.4 Å². The Morgan fingerprint density at radius 3 is 2.42 bits per heavy atom. The normalized spacial score (nSPS) is 23.9. The van der Waals surface area contributed by atoms with Crippen LogP contribution in [0.25, 0.3) is 11.2 Å². The molecule has 2 aliphatic rings. The Hall–Kier alpha value is -2.79. The van der Waals surface area contributed by atoms with Crippen LogP contribution in [0.1, 0.15) is 64.3 Å². The van der Waals surface area contributed by atoms with Gasteiger partial charge in [0.05, 0.1) is 16.9 Å². The summed E-state index contributed by atoms with van der Waals surface area (Å²) in [7, 11) is 0. The largest absolute Gasteiger partial charge is 0.369 e. The van der Waals surface area contributed by atoms with E-state index in [0.717, 1.165) is 6.07 Å². The van der Waals surface area contributed by atoms with Crippen molar-refractivity contribution in [3.8, 4) is 0 Å². The van der Waals surface area contributed by atoms with Gasteiger partial charge < -0.3 is 16.4 Å². The Bertz CT molecular complexity index is 1340. The molecule has 0 saturated heterocycles. The van der Waals surface area contributed by atoms with Crippen LogP contribution in [-0.4, -0.2) is 37.4 Å². The molecule has 2 saturated carbocycles. The zero-order valence-corrected chi connectivity index (χ0v) is 22.2. The first-order chi connectivity index (χ1) is 17.9. The van der Waals surface area contributed by atoms with Crippen LogP contribution < -0.4 is 16.4 Å². The van der Waals surface area contributed by atoms with Crippen LogP contribution >= 0.6 is 23.2 Å². The molecule has 0 aliphatic heterocycles. The Balaban J connectivity index is 1.50. The van der Waals surface area contributed by atoms with Gasteiger partial charge in [-0.05, 0) is 50.7 Å². The van der Waals surface area contributed by atoms with Gasteiger partial charge in [0.1, 0.15) is 11.3 Å². The van der Waals surface area contributed by atoms with Gasteiger partial charge in [0.2, 0.25) is 23.7 Å². The first-order valence-corrected chi connectivity index (χ1v) is 13.3. The fourth-order valence-electron chi connectivity index (χ4n) is 5.28. The number of fused-ring (bicyclic) bond motifs is 1. The Kier molecular flexibility index (Phi) is 7.10. The molecule has 3 aromatic rings. The van der Waals surface area contributed by atoms with Gasteiger partial charge in [-0.1, -0.05) is 30.1 Å². The molecule has 0 bridgehead atoms. The highest BCUT2D eigenvalue weighted by molar-refractivity contribution is 6.36. The monoisotopic (exact) mass is 569 g/mol. The molecule has 2 aromatic heterocycles. The van der Waals surface area contributed by atoms with Crippen molar-refractivity contribution in [2.45, 2.75) is 76.3 Å². The van der Waals surface area contributed by atoms with Crippen LogP contribution in [0.3, 0.4) is 0 Å². The van der Waals surface area contributed by atoms with Gasteiger partial charge in [-0.3, -0.25) is 9.36 Å². The van der Waals surface area contributed by atoms with Crippen LogP contribution in [-0.2, 0) is 4.79 Å². The van der Waals surface area contributed by atoms with Gasteiger partial charge in [-0.25, -0.2) is 23.1 Å². The van der Waals surface area contributed by atoms with E-state index in [2.05, 4.69) is 25.6 Å². The Morgan fingerprint density at radius 1 is 1.11 bits per heavy atom. The third-order valence-electron chi connectivity index (χ3n) is 7.75. The van der Waals surface area contributed by atoms with E-state index in [-0.39, 0.29) is 46.6 Å². The molecule has 0 radical (unpaired) electrons. The number of imidazole rings is 1. The average molecular weight is 570 g/mol. The second kappa shape index (κ2) is 10.1. The number of nitrogens with zero attached hydrogens (tertiary/aromatic N) is 4. The molecule has 1 amide bonds. The number of benzene rings is 1. The maximum absolute atomic E-state index is 14.8. The minimum absolute atomic E-state index is 0.0137. The molecule has 204 valence electrons. The predicted molar refractivity (Wildman–Crippen MR) is 141 cm³/mol.